The van der Waals surface area contributed by atoms with E-state index in [9.17, 15) is 4.79 Å². The summed E-state index contributed by atoms with van der Waals surface area (Å²) in [5.74, 6) is 1.86. The predicted octanol–water partition coefficient (Wildman–Crippen LogP) is 3.02. The zero-order chi connectivity index (χ0) is 20.7. The summed E-state index contributed by atoms with van der Waals surface area (Å²) in [5, 5.41) is 3.54. The van der Waals surface area contributed by atoms with Gasteiger partial charge in [-0.1, -0.05) is 6.07 Å². The number of amides is 1. The van der Waals surface area contributed by atoms with Crippen molar-refractivity contribution in [2.24, 2.45) is 11.8 Å². The Morgan fingerprint density at radius 2 is 2.00 bits per heavy atom. The van der Waals surface area contributed by atoms with Gasteiger partial charge in [0.1, 0.15) is 11.5 Å². The van der Waals surface area contributed by atoms with Crippen molar-refractivity contribution < 1.29 is 9.53 Å². The number of anilines is 1. The van der Waals surface area contributed by atoms with Crippen LogP contribution in [0.25, 0.3) is 5.65 Å². The van der Waals surface area contributed by atoms with Gasteiger partial charge in [0.2, 0.25) is 0 Å². The Kier molecular flexibility index (Phi) is 4.90. The molecule has 0 radical (unpaired) electrons. The van der Waals surface area contributed by atoms with Crippen molar-refractivity contribution in [2.45, 2.75) is 31.9 Å². The van der Waals surface area contributed by atoms with E-state index in [2.05, 4.69) is 15.3 Å². The maximum Gasteiger partial charge on any atom is 0.257 e. The van der Waals surface area contributed by atoms with E-state index in [1.807, 2.05) is 58.9 Å². The molecule has 1 amide bonds. The second kappa shape index (κ2) is 7.72. The number of fused-ring (bicyclic) bond motifs is 2. The van der Waals surface area contributed by atoms with Crippen molar-refractivity contribution in [3.8, 4) is 0 Å². The van der Waals surface area contributed by atoms with Gasteiger partial charge >= 0.3 is 0 Å². The number of hydrogen-bond donors (Lipinski definition) is 1. The predicted molar refractivity (Wildman–Crippen MR) is 114 cm³/mol. The maximum atomic E-state index is 13.4. The van der Waals surface area contributed by atoms with E-state index in [0.717, 1.165) is 43.1 Å². The number of ether oxygens (including phenoxy) is 1. The van der Waals surface area contributed by atoms with Crippen LogP contribution in [0.2, 0.25) is 0 Å². The molecule has 2 aliphatic rings. The Hall–Kier alpha value is -2.93. The van der Waals surface area contributed by atoms with Gasteiger partial charge < -0.3 is 19.4 Å². The van der Waals surface area contributed by atoms with E-state index >= 15 is 0 Å². The van der Waals surface area contributed by atoms with E-state index in [-0.39, 0.29) is 18.1 Å². The molecular weight excluding hydrogens is 378 g/mol. The number of nitrogens with zero attached hydrogens (tertiary/aromatic N) is 4. The van der Waals surface area contributed by atoms with Crippen LogP contribution in [-0.2, 0) is 4.74 Å². The normalized spacial score (nSPS) is 26.0. The first-order valence-electron chi connectivity index (χ1n) is 10.6. The third-order valence-corrected chi connectivity index (χ3v) is 6.54. The average molecular weight is 406 g/mol. The van der Waals surface area contributed by atoms with Crippen molar-refractivity contribution in [1.29, 1.82) is 0 Å². The molecule has 1 saturated heterocycles. The maximum absolute atomic E-state index is 13.4. The third kappa shape index (κ3) is 3.43. The lowest BCUT2D eigenvalue weighted by atomic mass is 9.77. The number of carbonyl (C=O) groups excluding carboxylic acids is 1. The van der Waals surface area contributed by atoms with Crippen molar-refractivity contribution in [2.75, 3.05) is 25.5 Å². The first-order valence-corrected chi connectivity index (χ1v) is 10.6. The molecule has 4 heterocycles. The number of rotatable bonds is 4. The number of methoxy groups -OCH3 is 1. The minimum Gasteiger partial charge on any atom is -0.379 e. The standard InChI is InChI=1S/C23H27N5O2/c1-15-12-27-9-5-6-18(22(27)25-15)23(29)28-13-16-10-19(20(30-2)11-17(16)14-28)26-21-7-3-4-8-24-21/h3-9,12,16-17,19-20H,10-11,13-14H2,1-2H3,(H,24,26)/t16-,17+,19-,20-/m1/s1. The first-order chi connectivity index (χ1) is 14.6. The van der Waals surface area contributed by atoms with E-state index in [1.165, 1.54) is 0 Å². The van der Waals surface area contributed by atoms with Crippen LogP contribution in [0.15, 0.2) is 48.9 Å². The van der Waals surface area contributed by atoms with Gasteiger partial charge in [-0.2, -0.15) is 0 Å². The zero-order valence-corrected chi connectivity index (χ0v) is 17.4. The molecule has 3 aromatic heterocycles. The molecular formula is C23H27N5O2. The summed E-state index contributed by atoms with van der Waals surface area (Å²) < 4.78 is 7.75. The smallest absolute Gasteiger partial charge is 0.257 e. The van der Waals surface area contributed by atoms with Crippen LogP contribution >= 0.6 is 0 Å². The molecule has 30 heavy (non-hydrogen) atoms. The summed E-state index contributed by atoms with van der Waals surface area (Å²) in [6.45, 7) is 3.51. The van der Waals surface area contributed by atoms with E-state index in [4.69, 9.17) is 4.74 Å². The minimum absolute atomic E-state index is 0.0730. The molecule has 1 N–H and O–H groups in total. The molecule has 1 aliphatic heterocycles. The van der Waals surface area contributed by atoms with Crippen LogP contribution < -0.4 is 5.32 Å². The molecule has 0 bridgehead atoms. The average Bonchev–Trinajstić information content (AvgIpc) is 3.35. The van der Waals surface area contributed by atoms with Gasteiger partial charge in [-0.3, -0.25) is 4.79 Å². The number of carbonyl (C=O) groups is 1. The molecule has 0 unspecified atom stereocenters. The number of aryl methyl sites for hydroxylation is 1. The number of likely N-dealkylation sites (tertiary alicyclic amines) is 1. The Morgan fingerprint density at radius 1 is 1.17 bits per heavy atom. The molecule has 7 heteroatoms. The largest absolute Gasteiger partial charge is 0.379 e. The quantitative estimate of drug-likeness (QED) is 0.722. The highest BCUT2D eigenvalue weighted by atomic mass is 16.5. The zero-order valence-electron chi connectivity index (χ0n) is 17.4. The van der Waals surface area contributed by atoms with Gasteiger partial charge in [-0.15, -0.1) is 0 Å². The van der Waals surface area contributed by atoms with Crippen LogP contribution in [-0.4, -0.2) is 57.5 Å². The van der Waals surface area contributed by atoms with Gasteiger partial charge in [0.15, 0.2) is 0 Å². The molecule has 0 aromatic carbocycles. The van der Waals surface area contributed by atoms with Crippen molar-refractivity contribution in [1.82, 2.24) is 19.3 Å². The Labute approximate surface area is 176 Å². The monoisotopic (exact) mass is 405 g/mol. The number of aromatic nitrogens is 3. The SMILES string of the molecule is CO[C@@H]1C[C@H]2CN(C(=O)c3cccn4cc(C)nc34)C[C@H]2C[C@H]1Nc1ccccn1. The molecule has 0 spiro atoms. The Bertz CT molecular complexity index is 1050. The highest BCUT2D eigenvalue weighted by Gasteiger charge is 2.44. The number of nitrogens with one attached hydrogen (secondary N) is 1. The highest BCUT2D eigenvalue weighted by Crippen LogP contribution is 2.39. The van der Waals surface area contributed by atoms with Crippen molar-refractivity contribution in [3.05, 3.63) is 60.2 Å². The second-order valence-corrected chi connectivity index (χ2v) is 8.48. The molecule has 5 rings (SSSR count). The summed E-state index contributed by atoms with van der Waals surface area (Å²) in [7, 11) is 1.78. The van der Waals surface area contributed by atoms with Gasteiger partial charge in [-0.25, -0.2) is 9.97 Å². The molecule has 1 saturated carbocycles. The lowest BCUT2D eigenvalue weighted by molar-refractivity contribution is 0.0304. The number of imidazole rings is 1. The number of pyridine rings is 2. The summed E-state index contributed by atoms with van der Waals surface area (Å²) in [5.41, 5.74) is 2.33. The van der Waals surface area contributed by atoms with Crippen LogP contribution in [0, 0.1) is 18.8 Å². The van der Waals surface area contributed by atoms with Crippen molar-refractivity contribution >= 4 is 17.4 Å². The molecule has 2 fully saturated rings. The molecule has 3 aromatic rings. The molecule has 1 aliphatic carbocycles. The topological polar surface area (TPSA) is 71.8 Å². The summed E-state index contributed by atoms with van der Waals surface area (Å²) >= 11 is 0. The summed E-state index contributed by atoms with van der Waals surface area (Å²) in [6, 6.07) is 9.87. The van der Waals surface area contributed by atoms with Gasteiger partial charge in [-0.05, 0) is 55.9 Å². The fourth-order valence-electron chi connectivity index (χ4n) is 5.10. The molecule has 156 valence electrons. The van der Waals surface area contributed by atoms with E-state index in [1.54, 1.807) is 13.3 Å². The van der Waals surface area contributed by atoms with Crippen LogP contribution in [0.5, 0.6) is 0 Å². The fourth-order valence-corrected chi connectivity index (χ4v) is 5.10. The first kappa shape index (κ1) is 19.1. The Balaban J connectivity index is 1.33. The number of hydrogen-bond acceptors (Lipinski definition) is 5. The molecule has 7 nitrogen and oxygen atoms in total. The summed E-state index contributed by atoms with van der Waals surface area (Å²) in [4.78, 5) is 24.3. The Morgan fingerprint density at radius 3 is 2.77 bits per heavy atom. The van der Waals surface area contributed by atoms with E-state index < -0.39 is 0 Å². The van der Waals surface area contributed by atoms with Crippen LogP contribution in [0.4, 0.5) is 5.82 Å². The minimum atomic E-state index is 0.0730. The summed E-state index contributed by atoms with van der Waals surface area (Å²) in [6.07, 6.45) is 7.71. The fraction of sp³-hybridized carbons (Fsp3) is 0.435. The lowest BCUT2D eigenvalue weighted by Crippen LogP contribution is -2.44. The molecule has 4 atom stereocenters. The lowest BCUT2D eigenvalue weighted by Gasteiger charge is -2.37. The second-order valence-electron chi connectivity index (χ2n) is 8.48. The third-order valence-electron chi connectivity index (χ3n) is 6.54. The van der Waals surface area contributed by atoms with Crippen molar-refractivity contribution in [3.63, 3.8) is 0 Å². The van der Waals surface area contributed by atoms with E-state index in [0.29, 0.717) is 17.4 Å². The van der Waals surface area contributed by atoms with Crippen LogP contribution in [0.3, 0.4) is 0 Å². The van der Waals surface area contributed by atoms with Gasteiger partial charge in [0.05, 0.1) is 23.4 Å². The van der Waals surface area contributed by atoms with Gasteiger partial charge in [0, 0.05) is 38.8 Å². The van der Waals surface area contributed by atoms with Gasteiger partial charge in [0.25, 0.3) is 5.91 Å². The van der Waals surface area contributed by atoms with Crippen LogP contribution in [0.1, 0.15) is 28.9 Å². The highest BCUT2D eigenvalue weighted by molar-refractivity contribution is 6.00.